The van der Waals surface area contributed by atoms with Gasteiger partial charge in [0.25, 0.3) is 0 Å². The monoisotopic (exact) mass is 168 g/mol. The maximum atomic E-state index is 10.2. The van der Waals surface area contributed by atoms with Crippen molar-refractivity contribution in [2.45, 2.75) is 46.5 Å². The standard InChI is InChI=1S/C11H20O/c1-4-10(2)6-5-7-11(3)8-9-12/h6,9,11H,4-5,7-8H2,1-3H3/b10-6-/t11-/m1/s1. The molecule has 0 aliphatic carbocycles. The Labute approximate surface area is 75.9 Å². The lowest BCUT2D eigenvalue weighted by Gasteiger charge is -2.04. The summed E-state index contributed by atoms with van der Waals surface area (Å²) in [6, 6.07) is 0. The van der Waals surface area contributed by atoms with Crippen LogP contribution in [0.5, 0.6) is 0 Å². The van der Waals surface area contributed by atoms with Gasteiger partial charge in [-0.25, -0.2) is 0 Å². The second kappa shape index (κ2) is 7.08. The number of hydrogen-bond donors (Lipinski definition) is 0. The largest absolute Gasteiger partial charge is 0.303 e. The van der Waals surface area contributed by atoms with E-state index in [0.29, 0.717) is 12.3 Å². The number of allylic oxidation sites excluding steroid dienone is 2. The minimum absolute atomic E-state index is 0.545. The highest BCUT2D eigenvalue weighted by Gasteiger charge is 1.98. The van der Waals surface area contributed by atoms with Crippen LogP contribution in [-0.2, 0) is 4.79 Å². The first-order valence-electron chi connectivity index (χ1n) is 4.80. The molecule has 0 unspecified atom stereocenters. The Kier molecular flexibility index (Phi) is 6.73. The molecule has 1 atom stereocenters. The first kappa shape index (κ1) is 11.4. The van der Waals surface area contributed by atoms with Gasteiger partial charge in [0.15, 0.2) is 0 Å². The smallest absolute Gasteiger partial charge is 0.120 e. The first-order valence-corrected chi connectivity index (χ1v) is 4.80. The van der Waals surface area contributed by atoms with Gasteiger partial charge in [-0.1, -0.05) is 25.5 Å². The van der Waals surface area contributed by atoms with Crippen molar-refractivity contribution in [1.29, 1.82) is 0 Å². The van der Waals surface area contributed by atoms with Crippen molar-refractivity contribution in [2.24, 2.45) is 5.92 Å². The summed E-state index contributed by atoms with van der Waals surface area (Å²) in [7, 11) is 0. The molecule has 0 saturated carbocycles. The lowest BCUT2D eigenvalue weighted by Crippen LogP contribution is -1.94. The molecular formula is C11H20O. The molecule has 0 aromatic heterocycles. The van der Waals surface area contributed by atoms with E-state index in [1.165, 1.54) is 5.57 Å². The fourth-order valence-electron chi connectivity index (χ4n) is 1.04. The second-order valence-electron chi connectivity index (χ2n) is 3.49. The number of hydrogen-bond acceptors (Lipinski definition) is 1. The average Bonchev–Trinajstić information content (AvgIpc) is 2.04. The van der Waals surface area contributed by atoms with Crippen LogP contribution in [0.25, 0.3) is 0 Å². The fraction of sp³-hybridized carbons (Fsp3) is 0.727. The molecule has 0 spiro atoms. The first-order chi connectivity index (χ1) is 5.70. The van der Waals surface area contributed by atoms with E-state index >= 15 is 0 Å². The minimum Gasteiger partial charge on any atom is -0.303 e. The molecule has 0 heterocycles. The quantitative estimate of drug-likeness (QED) is 0.439. The second-order valence-corrected chi connectivity index (χ2v) is 3.49. The third-order valence-electron chi connectivity index (χ3n) is 2.21. The van der Waals surface area contributed by atoms with Crippen LogP contribution in [0.4, 0.5) is 0 Å². The van der Waals surface area contributed by atoms with E-state index in [2.05, 4.69) is 26.8 Å². The van der Waals surface area contributed by atoms with Crippen molar-refractivity contribution in [3.8, 4) is 0 Å². The molecule has 0 aromatic carbocycles. The van der Waals surface area contributed by atoms with Crippen LogP contribution >= 0.6 is 0 Å². The highest BCUT2D eigenvalue weighted by Crippen LogP contribution is 2.10. The summed E-state index contributed by atoms with van der Waals surface area (Å²) in [5.41, 5.74) is 1.45. The van der Waals surface area contributed by atoms with Gasteiger partial charge in [0.2, 0.25) is 0 Å². The Morgan fingerprint density at radius 3 is 2.67 bits per heavy atom. The molecule has 0 fully saturated rings. The van der Waals surface area contributed by atoms with E-state index < -0.39 is 0 Å². The predicted molar refractivity (Wildman–Crippen MR) is 53.1 cm³/mol. The number of carbonyl (C=O) groups is 1. The number of carbonyl (C=O) groups excluding carboxylic acids is 1. The van der Waals surface area contributed by atoms with E-state index in [1.54, 1.807) is 0 Å². The third-order valence-corrected chi connectivity index (χ3v) is 2.21. The summed E-state index contributed by atoms with van der Waals surface area (Å²) >= 11 is 0. The molecule has 70 valence electrons. The van der Waals surface area contributed by atoms with Crippen molar-refractivity contribution in [2.75, 3.05) is 0 Å². The van der Waals surface area contributed by atoms with Gasteiger partial charge in [0.05, 0.1) is 0 Å². The maximum Gasteiger partial charge on any atom is 0.120 e. The molecule has 0 aromatic rings. The SMILES string of the molecule is CC/C(C)=C\CC[C@@H](C)CC=O. The molecule has 1 heteroatoms. The Hall–Kier alpha value is -0.590. The van der Waals surface area contributed by atoms with Crippen molar-refractivity contribution in [3.63, 3.8) is 0 Å². The van der Waals surface area contributed by atoms with Gasteiger partial charge in [0, 0.05) is 6.42 Å². The molecule has 0 saturated heterocycles. The Balaban J connectivity index is 3.47. The molecule has 0 aliphatic heterocycles. The van der Waals surface area contributed by atoms with Crippen molar-refractivity contribution in [1.82, 2.24) is 0 Å². The normalized spacial score (nSPS) is 14.4. The molecule has 0 amide bonds. The molecule has 1 nitrogen and oxygen atoms in total. The van der Waals surface area contributed by atoms with Crippen molar-refractivity contribution >= 4 is 6.29 Å². The van der Waals surface area contributed by atoms with Gasteiger partial charge < -0.3 is 4.79 Å². The maximum absolute atomic E-state index is 10.2. The molecule has 0 aliphatic rings. The van der Waals surface area contributed by atoms with E-state index in [9.17, 15) is 4.79 Å². The highest BCUT2D eigenvalue weighted by molar-refractivity contribution is 5.49. The average molecular weight is 168 g/mol. The molecule has 0 radical (unpaired) electrons. The summed E-state index contributed by atoms with van der Waals surface area (Å²) in [6.45, 7) is 6.45. The van der Waals surface area contributed by atoms with Gasteiger partial charge in [0.1, 0.15) is 6.29 Å². The number of rotatable bonds is 6. The van der Waals surface area contributed by atoms with Crippen LogP contribution in [0.2, 0.25) is 0 Å². The molecule has 12 heavy (non-hydrogen) atoms. The van der Waals surface area contributed by atoms with Crippen molar-refractivity contribution < 1.29 is 4.79 Å². The minimum atomic E-state index is 0.545. The van der Waals surface area contributed by atoms with Gasteiger partial charge in [-0.2, -0.15) is 0 Å². The lowest BCUT2D eigenvalue weighted by atomic mass is 10.0. The van der Waals surface area contributed by atoms with Gasteiger partial charge in [-0.3, -0.25) is 0 Å². The molecular weight excluding hydrogens is 148 g/mol. The van der Waals surface area contributed by atoms with Crippen LogP contribution in [-0.4, -0.2) is 6.29 Å². The van der Waals surface area contributed by atoms with Crippen LogP contribution < -0.4 is 0 Å². The summed E-state index contributed by atoms with van der Waals surface area (Å²) in [5.74, 6) is 0.545. The summed E-state index contributed by atoms with van der Waals surface area (Å²) in [4.78, 5) is 10.2. The fourth-order valence-corrected chi connectivity index (χ4v) is 1.04. The highest BCUT2D eigenvalue weighted by atomic mass is 16.1. The topological polar surface area (TPSA) is 17.1 Å². The number of aldehydes is 1. The Bertz CT molecular complexity index is 147. The zero-order chi connectivity index (χ0) is 9.40. The molecule has 0 bridgehead atoms. The van der Waals surface area contributed by atoms with E-state index in [4.69, 9.17) is 0 Å². The van der Waals surface area contributed by atoms with Gasteiger partial charge in [-0.05, 0) is 32.1 Å². The summed E-state index contributed by atoms with van der Waals surface area (Å²) in [5, 5.41) is 0. The Morgan fingerprint density at radius 1 is 1.50 bits per heavy atom. The summed E-state index contributed by atoms with van der Waals surface area (Å²) in [6.07, 6.45) is 7.40. The molecule has 0 N–H and O–H groups in total. The third kappa shape index (κ3) is 6.14. The lowest BCUT2D eigenvalue weighted by molar-refractivity contribution is -0.108. The van der Waals surface area contributed by atoms with Crippen LogP contribution in [0, 0.1) is 5.92 Å². The zero-order valence-electron chi connectivity index (χ0n) is 8.47. The molecule has 0 rings (SSSR count). The van der Waals surface area contributed by atoms with E-state index in [0.717, 1.165) is 25.5 Å². The van der Waals surface area contributed by atoms with Crippen LogP contribution in [0.1, 0.15) is 46.5 Å². The van der Waals surface area contributed by atoms with E-state index in [1.807, 2.05) is 0 Å². The predicted octanol–water partition coefficient (Wildman–Crippen LogP) is 3.35. The van der Waals surface area contributed by atoms with Crippen LogP contribution in [0.15, 0.2) is 11.6 Å². The van der Waals surface area contributed by atoms with Gasteiger partial charge in [-0.15, -0.1) is 0 Å². The van der Waals surface area contributed by atoms with Gasteiger partial charge >= 0.3 is 0 Å². The zero-order valence-corrected chi connectivity index (χ0v) is 8.47. The summed E-state index contributed by atoms with van der Waals surface area (Å²) < 4.78 is 0. The van der Waals surface area contributed by atoms with Crippen molar-refractivity contribution in [3.05, 3.63) is 11.6 Å². The van der Waals surface area contributed by atoms with Crippen LogP contribution in [0.3, 0.4) is 0 Å². The van der Waals surface area contributed by atoms with E-state index in [-0.39, 0.29) is 0 Å². The Morgan fingerprint density at radius 2 is 2.17 bits per heavy atom.